The summed E-state index contributed by atoms with van der Waals surface area (Å²) >= 11 is 0. The van der Waals surface area contributed by atoms with Crippen LogP contribution in [0.2, 0.25) is 0 Å². The number of carbonyl (C=O) groups is 2. The number of carbonyl (C=O) groups excluding carboxylic acids is 2. The predicted octanol–water partition coefficient (Wildman–Crippen LogP) is 1.64. The van der Waals surface area contributed by atoms with E-state index in [0.29, 0.717) is 12.5 Å². The summed E-state index contributed by atoms with van der Waals surface area (Å²) in [7, 11) is 0. The minimum Gasteiger partial charge on any atom is -0.489 e. The molecule has 3 nitrogen and oxygen atoms in total. The van der Waals surface area contributed by atoms with E-state index in [-0.39, 0.29) is 17.3 Å². The fourth-order valence-electron chi connectivity index (χ4n) is 1.01. The third-order valence-electron chi connectivity index (χ3n) is 1.87. The first-order chi connectivity index (χ1) is 6.59. The molecular weight excluding hydrogens is 180 g/mol. The second-order valence-corrected chi connectivity index (χ2v) is 3.64. The SMILES string of the molecule is CC(C)CCOC1=CC(=O)C=CC1=O. The molecule has 1 rings (SSSR count). The summed E-state index contributed by atoms with van der Waals surface area (Å²) in [5.74, 6) is 0.274. The van der Waals surface area contributed by atoms with Crippen LogP contribution in [0.1, 0.15) is 20.3 Å². The van der Waals surface area contributed by atoms with Gasteiger partial charge in [0.2, 0.25) is 5.78 Å². The lowest BCUT2D eigenvalue weighted by atomic mass is 10.1. The van der Waals surface area contributed by atoms with Crippen LogP contribution in [-0.2, 0) is 14.3 Å². The van der Waals surface area contributed by atoms with Gasteiger partial charge in [0.1, 0.15) is 0 Å². The zero-order valence-electron chi connectivity index (χ0n) is 8.45. The maximum Gasteiger partial charge on any atom is 0.220 e. The van der Waals surface area contributed by atoms with Crippen LogP contribution in [-0.4, -0.2) is 18.2 Å². The molecule has 0 spiro atoms. The first-order valence-electron chi connectivity index (χ1n) is 4.70. The second kappa shape index (κ2) is 4.74. The van der Waals surface area contributed by atoms with Gasteiger partial charge in [-0.3, -0.25) is 9.59 Å². The highest BCUT2D eigenvalue weighted by molar-refractivity contribution is 6.16. The first-order valence-corrected chi connectivity index (χ1v) is 4.70. The van der Waals surface area contributed by atoms with Crippen molar-refractivity contribution in [2.75, 3.05) is 6.61 Å². The molecular formula is C11H14O3. The van der Waals surface area contributed by atoms with E-state index in [1.807, 2.05) is 0 Å². The summed E-state index contributed by atoms with van der Waals surface area (Å²) in [4.78, 5) is 22.1. The Morgan fingerprint density at radius 1 is 1.29 bits per heavy atom. The van der Waals surface area contributed by atoms with Crippen LogP contribution in [0.3, 0.4) is 0 Å². The van der Waals surface area contributed by atoms with E-state index in [2.05, 4.69) is 13.8 Å². The van der Waals surface area contributed by atoms with Gasteiger partial charge in [-0.2, -0.15) is 0 Å². The van der Waals surface area contributed by atoms with E-state index in [9.17, 15) is 9.59 Å². The molecule has 0 heterocycles. The van der Waals surface area contributed by atoms with Gasteiger partial charge in [0, 0.05) is 6.08 Å². The summed E-state index contributed by atoms with van der Waals surface area (Å²) in [6.45, 7) is 4.63. The number of hydrogen-bond acceptors (Lipinski definition) is 3. The molecule has 1 aliphatic rings. The van der Waals surface area contributed by atoms with E-state index in [1.165, 1.54) is 18.2 Å². The van der Waals surface area contributed by atoms with Crippen molar-refractivity contribution < 1.29 is 14.3 Å². The molecule has 0 atom stereocenters. The quantitative estimate of drug-likeness (QED) is 0.639. The van der Waals surface area contributed by atoms with Gasteiger partial charge in [0.25, 0.3) is 0 Å². The average Bonchev–Trinajstić information content (AvgIpc) is 2.10. The second-order valence-electron chi connectivity index (χ2n) is 3.64. The molecule has 0 unspecified atom stereocenters. The van der Waals surface area contributed by atoms with Crippen LogP contribution < -0.4 is 0 Å². The number of ether oxygens (including phenoxy) is 1. The molecule has 0 saturated heterocycles. The highest BCUT2D eigenvalue weighted by atomic mass is 16.5. The third kappa shape index (κ3) is 3.17. The van der Waals surface area contributed by atoms with Gasteiger partial charge >= 0.3 is 0 Å². The minimum absolute atomic E-state index is 0.165. The van der Waals surface area contributed by atoms with Crippen LogP contribution in [0.15, 0.2) is 24.0 Å². The highest BCUT2D eigenvalue weighted by Crippen LogP contribution is 2.09. The van der Waals surface area contributed by atoms with Crippen molar-refractivity contribution >= 4 is 11.6 Å². The molecule has 3 heteroatoms. The van der Waals surface area contributed by atoms with Gasteiger partial charge < -0.3 is 4.74 Å². The molecule has 76 valence electrons. The molecule has 14 heavy (non-hydrogen) atoms. The molecule has 0 aromatic rings. The topological polar surface area (TPSA) is 43.4 Å². The summed E-state index contributed by atoms with van der Waals surface area (Å²) in [5, 5.41) is 0. The molecule has 0 aliphatic heterocycles. The van der Waals surface area contributed by atoms with Gasteiger partial charge in [-0.15, -0.1) is 0 Å². The Labute approximate surface area is 83.4 Å². The maximum atomic E-state index is 11.2. The van der Waals surface area contributed by atoms with E-state index in [1.54, 1.807) is 0 Å². The van der Waals surface area contributed by atoms with Crippen molar-refractivity contribution in [2.45, 2.75) is 20.3 Å². The summed E-state index contributed by atoms with van der Waals surface area (Å²) in [6.07, 6.45) is 4.61. The number of allylic oxidation sites excluding steroid dienone is 3. The van der Waals surface area contributed by atoms with Crippen molar-refractivity contribution in [3.8, 4) is 0 Å². The van der Waals surface area contributed by atoms with Gasteiger partial charge in [-0.05, 0) is 24.5 Å². The fourth-order valence-corrected chi connectivity index (χ4v) is 1.01. The number of rotatable bonds is 4. The Bertz CT molecular complexity index is 298. The smallest absolute Gasteiger partial charge is 0.220 e. The molecule has 1 aliphatic carbocycles. The lowest BCUT2D eigenvalue weighted by Gasteiger charge is -2.10. The van der Waals surface area contributed by atoms with Gasteiger partial charge in [-0.25, -0.2) is 0 Å². The summed E-state index contributed by atoms with van der Waals surface area (Å²) < 4.78 is 5.22. The minimum atomic E-state index is -0.228. The Hall–Kier alpha value is -1.38. The van der Waals surface area contributed by atoms with Crippen LogP contribution in [0.25, 0.3) is 0 Å². The fraction of sp³-hybridized carbons (Fsp3) is 0.455. The molecule has 0 bridgehead atoms. The number of hydrogen-bond donors (Lipinski definition) is 0. The Balaban J connectivity index is 2.44. The largest absolute Gasteiger partial charge is 0.489 e. The lowest BCUT2D eigenvalue weighted by Crippen LogP contribution is -2.11. The summed E-state index contributed by atoms with van der Waals surface area (Å²) in [5.41, 5.74) is 0. The highest BCUT2D eigenvalue weighted by Gasteiger charge is 2.14. The standard InChI is InChI=1S/C11H14O3/c1-8(2)5-6-14-11-7-9(12)3-4-10(11)13/h3-4,7-8H,5-6H2,1-2H3. The average molecular weight is 194 g/mol. The Kier molecular flexibility index (Phi) is 3.63. The van der Waals surface area contributed by atoms with E-state index >= 15 is 0 Å². The maximum absolute atomic E-state index is 11.2. The van der Waals surface area contributed by atoms with Crippen molar-refractivity contribution in [3.05, 3.63) is 24.0 Å². The van der Waals surface area contributed by atoms with Crippen molar-refractivity contribution in [1.29, 1.82) is 0 Å². The molecule has 0 amide bonds. The van der Waals surface area contributed by atoms with Crippen molar-refractivity contribution in [2.24, 2.45) is 5.92 Å². The van der Waals surface area contributed by atoms with Crippen molar-refractivity contribution in [1.82, 2.24) is 0 Å². The normalized spacial score (nSPS) is 16.1. The zero-order chi connectivity index (χ0) is 10.6. The Morgan fingerprint density at radius 2 is 2.00 bits per heavy atom. The van der Waals surface area contributed by atoms with E-state index < -0.39 is 0 Å². The molecule has 0 fully saturated rings. The summed E-state index contributed by atoms with van der Waals surface area (Å²) in [6, 6.07) is 0. The van der Waals surface area contributed by atoms with Crippen LogP contribution in [0.4, 0.5) is 0 Å². The van der Waals surface area contributed by atoms with Crippen LogP contribution in [0.5, 0.6) is 0 Å². The molecule has 0 N–H and O–H groups in total. The zero-order valence-corrected chi connectivity index (χ0v) is 8.45. The lowest BCUT2D eigenvalue weighted by molar-refractivity contribution is -0.117. The van der Waals surface area contributed by atoms with Crippen LogP contribution >= 0.6 is 0 Å². The van der Waals surface area contributed by atoms with Crippen molar-refractivity contribution in [3.63, 3.8) is 0 Å². The van der Waals surface area contributed by atoms with E-state index in [0.717, 1.165) is 6.42 Å². The monoisotopic (exact) mass is 194 g/mol. The third-order valence-corrected chi connectivity index (χ3v) is 1.87. The van der Waals surface area contributed by atoms with Gasteiger partial charge in [0.15, 0.2) is 11.5 Å². The van der Waals surface area contributed by atoms with E-state index in [4.69, 9.17) is 4.74 Å². The number of ketones is 2. The first kappa shape index (κ1) is 10.7. The molecule has 0 saturated carbocycles. The van der Waals surface area contributed by atoms with Crippen LogP contribution in [0, 0.1) is 5.92 Å². The van der Waals surface area contributed by atoms with Gasteiger partial charge in [-0.1, -0.05) is 13.8 Å². The molecule has 0 radical (unpaired) electrons. The molecule has 0 aromatic carbocycles. The van der Waals surface area contributed by atoms with Gasteiger partial charge in [0.05, 0.1) is 6.61 Å². The molecule has 0 aromatic heterocycles. The predicted molar refractivity (Wildman–Crippen MR) is 52.6 cm³/mol. The Morgan fingerprint density at radius 3 is 2.64 bits per heavy atom.